The minimum absolute atomic E-state index is 0.140. The van der Waals surface area contributed by atoms with Gasteiger partial charge in [0.1, 0.15) is 5.82 Å². The fourth-order valence-electron chi connectivity index (χ4n) is 2.60. The molecule has 1 atom stereocenters. The summed E-state index contributed by atoms with van der Waals surface area (Å²) in [6.45, 7) is 2.26. The number of ether oxygens (including phenoxy) is 1. The van der Waals surface area contributed by atoms with Crippen molar-refractivity contribution in [3.63, 3.8) is 0 Å². The molecule has 6 nitrogen and oxygen atoms in total. The maximum absolute atomic E-state index is 13.5. The predicted molar refractivity (Wildman–Crippen MR) is 81.0 cm³/mol. The summed E-state index contributed by atoms with van der Waals surface area (Å²) in [5.74, 6) is -2.63. The number of benzene rings is 1. The molecule has 1 heterocycles. The molecule has 1 unspecified atom stereocenters. The predicted octanol–water partition coefficient (Wildman–Crippen LogP) is 1.54. The zero-order valence-electron chi connectivity index (χ0n) is 12.8. The number of halogens is 1. The third kappa shape index (κ3) is 4.49. The highest BCUT2D eigenvalue weighted by atomic mass is 32.2. The maximum atomic E-state index is 13.5. The van der Waals surface area contributed by atoms with Crippen molar-refractivity contribution in [3.8, 4) is 0 Å². The fourth-order valence-corrected chi connectivity index (χ4v) is 3.67. The van der Waals surface area contributed by atoms with Gasteiger partial charge in [-0.2, -0.15) is 0 Å². The van der Waals surface area contributed by atoms with Crippen LogP contribution in [0.3, 0.4) is 0 Å². The number of hydrogen-bond donors (Lipinski definition) is 2. The molecule has 1 fully saturated rings. The van der Waals surface area contributed by atoms with Crippen molar-refractivity contribution in [1.29, 1.82) is 0 Å². The highest BCUT2D eigenvalue weighted by Gasteiger charge is 2.31. The summed E-state index contributed by atoms with van der Waals surface area (Å²) in [4.78, 5) is 11.2. The van der Waals surface area contributed by atoms with E-state index in [0.717, 1.165) is 6.07 Å². The number of carbonyl (C=O) groups is 1. The fraction of sp³-hybridized carbons (Fsp3) is 0.533. The van der Waals surface area contributed by atoms with Crippen molar-refractivity contribution in [3.05, 3.63) is 29.6 Å². The van der Waals surface area contributed by atoms with Gasteiger partial charge in [0, 0.05) is 19.8 Å². The van der Waals surface area contributed by atoms with Crippen LogP contribution in [0.5, 0.6) is 0 Å². The second kappa shape index (κ2) is 7.37. The van der Waals surface area contributed by atoms with Gasteiger partial charge in [0.15, 0.2) is 0 Å². The van der Waals surface area contributed by atoms with E-state index in [1.165, 1.54) is 19.1 Å². The van der Waals surface area contributed by atoms with Gasteiger partial charge in [-0.3, -0.25) is 4.79 Å². The van der Waals surface area contributed by atoms with Crippen molar-refractivity contribution in [2.45, 2.75) is 24.7 Å². The molecule has 8 heteroatoms. The van der Waals surface area contributed by atoms with Gasteiger partial charge in [-0.05, 0) is 43.4 Å². The van der Waals surface area contributed by atoms with Crippen LogP contribution < -0.4 is 4.72 Å². The van der Waals surface area contributed by atoms with Crippen molar-refractivity contribution in [1.82, 2.24) is 4.72 Å². The first kappa shape index (κ1) is 17.8. The first-order chi connectivity index (χ1) is 10.8. The van der Waals surface area contributed by atoms with Crippen LogP contribution in [0.15, 0.2) is 23.1 Å². The Balaban J connectivity index is 2.09. The minimum atomic E-state index is -3.95. The second-order valence-electron chi connectivity index (χ2n) is 5.66. The molecule has 2 rings (SSSR count). The molecule has 1 aromatic carbocycles. The molecule has 1 saturated heterocycles. The summed E-state index contributed by atoms with van der Waals surface area (Å²) in [5.41, 5.74) is 0.342. The van der Waals surface area contributed by atoms with Gasteiger partial charge in [-0.25, -0.2) is 17.5 Å². The van der Waals surface area contributed by atoms with E-state index < -0.39 is 27.7 Å². The summed E-state index contributed by atoms with van der Waals surface area (Å²) in [6.07, 6.45) is 1.16. The molecule has 0 saturated carbocycles. The topological polar surface area (TPSA) is 92.7 Å². The van der Waals surface area contributed by atoms with Crippen molar-refractivity contribution >= 4 is 16.0 Å². The Kier molecular flexibility index (Phi) is 5.72. The number of carboxylic acids is 1. The highest BCUT2D eigenvalue weighted by Crippen LogP contribution is 2.24. The number of hydrogen-bond acceptors (Lipinski definition) is 4. The second-order valence-corrected chi connectivity index (χ2v) is 7.42. The Labute approximate surface area is 134 Å². The Hall–Kier alpha value is -1.51. The monoisotopic (exact) mass is 345 g/mol. The molecule has 1 aliphatic rings. The van der Waals surface area contributed by atoms with Crippen LogP contribution in [0.4, 0.5) is 4.39 Å². The maximum Gasteiger partial charge on any atom is 0.308 e. The molecular formula is C15H20FNO5S. The van der Waals surface area contributed by atoms with E-state index in [4.69, 9.17) is 4.74 Å². The van der Waals surface area contributed by atoms with Gasteiger partial charge in [0.2, 0.25) is 10.0 Å². The van der Waals surface area contributed by atoms with Crippen molar-refractivity contribution in [2.75, 3.05) is 19.8 Å². The molecule has 1 aliphatic heterocycles. The summed E-state index contributed by atoms with van der Waals surface area (Å²) in [5, 5.41) is 9.34. The molecule has 0 aromatic heterocycles. The Morgan fingerprint density at radius 1 is 1.43 bits per heavy atom. The summed E-state index contributed by atoms with van der Waals surface area (Å²) < 4.78 is 45.4. The molecule has 1 aromatic rings. The number of sulfonamides is 1. The SMILES string of the molecule is Cc1ccc(S(=O)(=O)NCC(C(=O)O)C2CCOCC2)cc1F. The standard InChI is InChI=1S/C15H20FNO5S/c1-10-2-3-12(8-14(10)16)23(20,21)17-9-13(15(18)19)11-4-6-22-7-5-11/h2-3,8,11,13,17H,4-7,9H2,1H3,(H,18,19). The van der Waals surface area contributed by atoms with Crippen LogP contribution >= 0.6 is 0 Å². The third-order valence-electron chi connectivity index (χ3n) is 4.10. The van der Waals surface area contributed by atoms with Crippen molar-refractivity contribution < 1.29 is 27.4 Å². The summed E-state index contributed by atoms with van der Waals surface area (Å²) in [7, 11) is -3.95. The zero-order chi connectivity index (χ0) is 17.0. The van der Waals surface area contributed by atoms with Crippen LogP contribution in [-0.4, -0.2) is 39.3 Å². The highest BCUT2D eigenvalue weighted by molar-refractivity contribution is 7.89. The van der Waals surface area contributed by atoms with Crippen molar-refractivity contribution in [2.24, 2.45) is 11.8 Å². The molecule has 0 radical (unpaired) electrons. The lowest BCUT2D eigenvalue weighted by molar-refractivity contribution is -0.144. The van der Waals surface area contributed by atoms with E-state index in [0.29, 0.717) is 31.6 Å². The van der Waals surface area contributed by atoms with Crippen LogP contribution in [0, 0.1) is 24.6 Å². The number of rotatable bonds is 6. The average molecular weight is 345 g/mol. The number of aliphatic carboxylic acids is 1. The molecule has 23 heavy (non-hydrogen) atoms. The molecular weight excluding hydrogens is 325 g/mol. The summed E-state index contributed by atoms with van der Waals surface area (Å²) >= 11 is 0. The summed E-state index contributed by atoms with van der Waals surface area (Å²) in [6, 6.07) is 3.60. The number of nitrogens with one attached hydrogen (secondary N) is 1. The van der Waals surface area contributed by atoms with E-state index in [1.54, 1.807) is 0 Å². The normalized spacial score (nSPS) is 17.8. The third-order valence-corrected chi connectivity index (χ3v) is 5.52. The smallest absolute Gasteiger partial charge is 0.308 e. The quantitative estimate of drug-likeness (QED) is 0.816. The van der Waals surface area contributed by atoms with Gasteiger partial charge in [-0.1, -0.05) is 6.07 Å². The van der Waals surface area contributed by atoms with Crippen LogP contribution in [-0.2, 0) is 19.6 Å². The van der Waals surface area contributed by atoms with E-state index in [-0.39, 0.29) is 17.4 Å². The van der Waals surface area contributed by atoms with Gasteiger partial charge < -0.3 is 9.84 Å². The van der Waals surface area contributed by atoms with E-state index in [9.17, 15) is 22.7 Å². The zero-order valence-corrected chi connectivity index (χ0v) is 13.6. The molecule has 0 aliphatic carbocycles. The Bertz CT molecular complexity index is 670. The van der Waals surface area contributed by atoms with Crippen LogP contribution in [0.1, 0.15) is 18.4 Å². The van der Waals surface area contributed by atoms with E-state index in [1.807, 2.05) is 0 Å². The van der Waals surface area contributed by atoms with Gasteiger partial charge in [-0.15, -0.1) is 0 Å². The molecule has 0 bridgehead atoms. The lowest BCUT2D eigenvalue weighted by Crippen LogP contribution is -2.39. The Morgan fingerprint density at radius 3 is 2.65 bits per heavy atom. The first-order valence-corrected chi connectivity index (χ1v) is 8.86. The van der Waals surface area contributed by atoms with E-state index in [2.05, 4.69) is 4.72 Å². The largest absolute Gasteiger partial charge is 0.481 e. The lowest BCUT2D eigenvalue weighted by Gasteiger charge is -2.27. The van der Waals surface area contributed by atoms with Gasteiger partial charge in [0.25, 0.3) is 0 Å². The molecule has 128 valence electrons. The minimum Gasteiger partial charge on any atom is -0.481 e. The first-order valence-electron chi connectivity index (χ1n) is 7.37. The average Bonchev–Trinajstić information content (AvgIpc) is 2.50. The lowest BCUT2D eigenvalue weighted by atomic mass is 9.86. The number of aryl methyl sites for hydroxylation is 1. The Morgan fingerprint density at radius 2 is 2.09 bits per heavy atom. The molecule has 0 amide bonds. The molecule has 2 N–H and O–H groups in total. The number of carboxylic acid groups (broad SMARTS) is 1. The van der Waals surface area contributed by atoms with Crippen LogP contribution in [0.25, 0.3) is 0 Å². The van der Waals surface area contributed by atoms with Gasteiger partial charge in [0.05, 0.1) is 10.8 Å². The molecule has 0 spiro atoms. The van der Waals surface area contributed by atoms with E-state index >= 15 is 0 Å². The van der Waals surface area contributed by atoms with Gasteiger partial charge >= 0.3 is 5.97 Å². The van der Waals surface area contributed by atoms with Crippen LogP contribution in [0.2, 0.25) is 0 Å².